The van der Waals surface area contributed by atoms with Crippen molar-refractivity contribution in [2.75, 3.05) is 6.54 Å². The summed E-state index contributed by atoms with van der Waals surface area (Å²) in [6, 6.07) is -0.700. The lowest BCUT2D eigenvalue weighted by atomic mass is 10.0. The minimum atomic E-state index is -1.48. The normalized spacial score (nSPS) is 24.3. The molecule has 1 unspecified atom stereocenters. The molecular formula is C12H20N2O5. The molecule has 2 amide bonds. The first-order valence-electron chi connectivity index (χ1n) is 6.41. The van der Waals surface area contributed by atoms with Gasteiger partial charge >= 0.3 is 6.16 Å². The Labute approximate surface area is 111 Å². The van der Waals surface area contributed by atoms with E-state index in [2.05, 4.69) is 4.74 Å². The third-order valence-electron chi connectivity index (χ3n) is 3.36. The van der Waals surface area contributed by atoms with Gasteiger partial charge in [0.05, 0.1) is 0 Å². The zero-order chi connectivity index (χ0) is 14.6. The SMILES string of the molecule is CCCC1CN([C@@H](CC)C(N)=O)C(=O)[C@@H]1OC(=O)O. The Balaban J connectivity index is 2.90. The number of nitrogens with two attached hydrogens (primary N) is 1. The summed E-state index contributed by atoms with van der Waals surface area (Å²) < 4.78 is 4.67. The molecule has 0 saturated carbocycles. The van der Waals surface area contributed by atoms with Crippen molar-refractivity contribution in [1.82, 2.24) is 4.90 Å². The molecule has 0 bridgehead atoms. The molecule has 3 N–H and O–H groups in total. The van der Waals surface area contributed by atoms with Gasteiger partial charge in [-0.3, -0.25) is 9.59 Å². The monoisotopic (exact) mass is 272 g/mol. The van der Waals surface area contributed by atoms with Crippen LogP contribution in [-0.4, -0.2) is 46.7 Å². The largest absolute Gasteiger partial charge is 0.506 e. The number of rotatable bonds is 6. The highest BCUT2D eigenvalue weighted by atomic mass is 16.7. The van der Waals surface area contributed by atoms with Crippen molar-refractivity contribution >= 4 is 18.0 Å². The summed E-state index contributed by atoms with van der Waals surface area (Å²) >= 11 is 0. The van der Waals surface area contributed by atoms with E-state index in [-0.39, 0.29) is 5.92 Å². The van der Waals surface area contributed by atoms with Crippen LogP contribution in [0.4, 0.5) is 4.79 Å². The average Bonchev–Trinajstić information content (AvgIpc) is 2.59. The van der Waals surface area contributed by atoms with E-state index in [0.29, 0.717) is 19.4 Å². The van der Waals surface area contributed by atoms with Crippen molar-refractivity contribution in [3.8, 4) is 0 Å². The fourth-order valence-corrected chi connectivity index (χ4v) is 2.53. The smallest absolute Gasteiger partial charge is 0.450 e. The highest BCUT2D eigenvalue weighted by Gasteiger charge is 2.45. The molecule has 0 radical (unpaired) electrons. The van der Waals surface area contributed by atoms with Crippen LogP contribution in [0.25, 0.3) is 0 Å². The van der Waals surface area contributed by atoms with Gasteiger partial charge in [0, 0.05) is 12.5 Å². The molecule has 0 aromatic rings. The predicted molar refractivity (Wildman–Crippen MR) is 66.3 cm³/mol. The molecule has 1 saturated heterocycles. The molecule has 1 aliphatic heterocycles. The van der Waals surface area contributed by atoms with Crippen LogP contribution in [0.2, 0.25) is 0 Å². The molecule has 0 aliphatic carbocycles. The maximum Gasteiger partial charge on any atom is 0.506 e. The predicted octanol–water partition coefficient (Wildman–Crippen LogP) is 0.572. The van der Waals surface area contributed by atoms with Crippen molar-refractivity contribution in [1.29, 1.82) is 0 Å². The van der Waals surface area contributed by atoms with Gasteiger partial charge in [0.1, 0.15) is 6.04 Å². The Morgan fingerprint density at radius 3 is 2.58 bits per heavy atom. The van der Waals surface area contributed by atoms with Gasteiger partial charge in [-0.1, -0.05) is 20.3 Å². The van der Waals surface area contributed by atoms with Crippen molar-refractivity contribution in [3.05, 3.63) is 0 Å². The molecule has 7 nitrogen and oxygen atoms in total. The van der Waals surface area contributed by atoms with E-state index in [1.54, 1.807) is 6.92 Å². The lowest BCUT2D eigenvalue weighted by Gasteiger charge is -2.24. The van der Waals surface area contributed by atoms with Gasteiger partial charge in [0.25, 0.3) is 5.91 Å². The zero-order valence-corrected chi connectivity index (χ0v) is 11.2. The van der Waals surface area contributed by atoms with E-state index < -0.39 is 30.1 Å². The number of primary amides is 1. The Morgan fingerprint density at radius 2 is 2.16 bits per heavy atom. The van der Waals surface area contributed by atoms with E-state index in [1.165, 1.54) is 4.90 Å². The second-order valence-corrected chi connectivity index (χ2v) is 4.67. The summed E-state index contributed by atoms with van der Waals surface area (Å²) in [5.41, 5.74) is 5.27. The minimum absolute atomic E-state index is 0.220. The standard InChI is InChI=1S/C12H20N2O5/c1-3-5-7-6-14(8(4-2)10(13)15)11(16)9(7)19-12(17)18/h7-9H,3-6H2,1-2H3,(H2,13,15)(H,17,18)/t7?,8-,9+/m0/s1. The number of hydrogen-bond donors (Lipinski definition) is 2. The Bertz CT molecular complexity index is 371. The Hall–Kier alpha value is -1.79. The summed E-state index contributed by atoms with van der Waals surface area (Å²) in [6.07, 6.45) is -0.632. The van der Waals surface area contributed by atoms with Gasteiger partial charge in [-0.15, -0.1) is 0 Å². The fraction of sp³-hybridized carbons (Fsp3) is 0.750. The first-order chi connectivity index (χ1) is 8.92. The summed E-state index contributed by atoms with van der Waals surface area (Å²) in [5.74, 6) is -1.27. The second-order valence-electron chi connectivity index (χ2n) is 4.67. The van der Waals surface area contributed by atoms with Crippen LogP contribution in [0.1, 0.15) is 33.1 Å². The molecule has 19 heavy (non-hydrogen) atoms. The highest BCUT2D eigenvalue weighted by Crippen LogP contribution is 2.28. The molecule has 3 atom stereocenters. The molecule has 108 valence electrons. The van der Waals surface area contributed by atoms with Gasteiger partial charge in [-0.25, -0.2) is 4.79 Å². The van der Waals surface area contributed by atoms with E-state index in [0.717, 1.165) is 6.42 Å². The Kier molecular flexibility index (Phi) is 5.14. The van der Waals surface area contributed by atoms with Crippen LogP contribution in [0.5, 0.6) is 0 Å². The van der Waals surface area contributed by atoms with Crippen molar-refractivity contribution < 1.29 is 24.2 Å². The highest BCUT2D eigenvalue weighted by molar-refractivity contribution is 5.91. The van der Waals surface area contributed by atoms with Gasteiger partial charge in [0.15, 0.2) is 6.10 Å². The summed E-state index contributed by atoms with van der Waals surface area (Å²) in [5, 5.41) is 8.68. The first kappa shape index (κ1) is 15.3. The Morgan fingerprint density at radius 1 is 1.53 bits per heavy atom. The maximum absolute atomic E-state index is 12.2. The lowest BCUT2D eigenvalue weighted by molar-refractivity contribution is -0.141. The topological polar surface area (TPSA) is 110 Å². The van der Waals surface area contributed by atoms with E-state index in [9.17, 15) is 14.4 Å². The van der Waals surface area contributed by atoms with Gasteiger partial charge in [-0.2, -0.15) is 0 Å². The van der Waals surface area contributed by atoms with Crippen molar-refractivity contribution in [2.45, 2.75) is 45.3 Å². The third kappa shape index (κ3) is 3.36. The maximum atomic E-state index is 12.2. The van der Waals surface area contributed by atoms with Gasteiger partial charge in [-0.05, 0) is 12.8 Å². The van der Waals surface area contributed by atoms with Crippen molar-refractivity contribution in [3.63, 3.8) is 0 Å². The molecule has 0 aromatic carbocycles. The lowest BCUT2D eigenvalue weighted by Crippen LogP contribution is -2.46. The number of likely N-dealkylation sites (tertiary alicyclic amines) is 1. The number of carboxylic acid groups (broad SMARTS) is 1. The molecule has 1 fully saturated rings. The van der Waals surface area contributed by atoms with Gasteiger partial charge in [0.2, 0.25) is 5.91 Å². The van der Waals surface area contributed by atoms with E-state index in [4.69, 9.17) is 10.8 Å². The molecule has 1 rings (SSSR count). The average molecular weight is 272 g/mol. The molecule has 0 spiro atoms. The molecule has 0 aromatic heterocycles. The van der Waals surface area contributed by atoms with Crippen molar-refractivity contribution in [2.24, 2.45) is 11.7 Å². The second kappa shape index (κ2) is 6.40. The molecule has 7 heteroatoms. The third-order valence-corrected chi connectivity index (χ3v) is 3.36. The van der Waals surface area contributed by atoms with Crippen LogP contribution in [0, 0.1) is 5.92 Å². The molecule has 1 aliphatic rings. The summed E-state index contributed by atoms with van der Waals surface area (Å²) in [7, 11) is 0. The van der Waals surface area contributed by atoms with Crippen LogP contribution >= 0.6 is 0 Å². The molecule has 1 heterocycles. The van der Waals surface area contributed by atoms with Gasteiger partial charge < -0.3 is 20.5 Å². The number of ether oxygens (including phenoxy) is 1. The van der Waals surface area contributed by atoms with Crippen LogP contribution in [0.15, 0.2) is 0 Å². The number of carbonyl (C=O) groups is 3. The quantitative estimate of drug-likeness (QED) is 0.687. The number of nitrogens with zero attached hydrogens (tertiary/aromatic N) is 1. The van der Waals surface area contributed by atoms with Crippen LogP contribution in [0.3, 0.4) is 0 Å². The molecular weight excluding hydrogens is 252 g/mol. The van der Waals surface area contributed by atoms with Crippen LogP contribution in [-0.2, 0) is 14.3 Å². The number of hydrogen-bond acceptors (Lipinski definition) is 4. The first-order valence-corrected chi connectivity index (χ1v) is 6.41. The number of carbonyl (C=O) groups excluding carboxylic acids is 2. The minimum Gasteiger partial charge on any atom is -0.450 e. The number of amides is 2. The summed E-state index contributed by atoms with van der Waals surface area (Å²) in [4.78, 5) is 35.5. The zero-order valence-electron chi connectivity index (χ0n) is 11.2. The fourth-order valence-electron chi connectivity index (χ4n) is 2.53. The van der Waals surface area contributed by atoms with E-state index >= 15 is 0 Å². The summed E-state index contributed by atoms with van der Waals surface area (Å²) in [6.45, 7) is 4.01. The van der Waals surface area contributed by atoms with Crippen LogP contribution < -0.4 is 5.73 Å². The van der Waals surface area contributed by atoms with E-state index in [1.807, 2.05) is 6.92 Å².